The highest BCUT2D eigenvalue weighted by Crippen LogP contribution is 2.22. The minimum absolute atomic E-state index is 0.169. The van der Waals surface area contributed by atoms with Crippen molar-refractivity contribution in [1.82, 2.24) is 15.8 Å². The van der Waals surface area contributed by atoms with E-state index in [2.05, 4.69) is 72.7 Å². The first kappa shape index (κ1) is 19.0. The molecule has 1 heterocycles. The lowest BCUT2D eigenvalue weighted by Gasteiger charge is -2.19. The number of nitrogens with zero attached hydrogens (tertiary/aromatic N) is 2. The van der Waals surface area contributed by atoms with Crippen LogP contribution in [0.2, 0.25) is 0 Å². The maximum absolute atomic E-state index is 5.46. The Morgan fingerprint density at radius 3 is 2.60 bits per heavy atom. The maximum atomic E-state index is 5.46. The fourth-order valence-electron chi connectivity index (χ4n) is 3.03. The maximum Gasteiger partial charge on any atom is 0.191 e. The largest absolute Gasteiger partial charge is 0.359 e. The number of aryl methyl sites for hydroxylation is 1. The molecule has 1 aromatic carbocycles. The monoisotopic (exact) mass is 342 g/mol. The zero-order valence-electron chi connectivity index (χ0n) is 16.0. The van der Waals surface area contributed by atoms with E-state index in [4.69, 9.17) is 4.52 Å². The predicted molar refractivity (Wildman–Crippen MR) is 103 cm³/mol. The third kappa shape index (κ3) is 5.08. The number of rotatable bonds is 7. The van der Waals surface area contributed by atoms with Crippen molar-refractivity contribution in [3.05, 3.63) is 52.9 Å². The Labute approximate surface area is 150 Å². The second-order valence-electron chi connectivity index (χ2n) is 6.38. The molecule has 0 spiro atoms. The van der Waals surface area contributed by atoms with Gasteiger partial charge in [0, 0.05) is 19.0 Å². The molecule has 1 unspecified atom stereocenters. The van der Waals surface area contributed by atoms with Gasteiger partial charge in [0.15, 0.2) is 11.7 Å². The highest BCUT2D eigenvalue weighted by atomic mass is 16.5. The number of nitrogens with one attached hydrogen (secondary N) is 2. The Morgan fingerprint density at radius 1 is 1.24 bits per heavy atom. The van der Waals surface area contributed by atoms with Crippen LogP contribution in [0.25, 0.3) is 0 Å². The molecule has 1 atom stereocenters. The average molecular weight is 342 g/mol. The molecule has 2 rings (SSSR count). The van der Waals surface area contributed by atoms with Gasteiger partial charge < -0.3 is 15.2 Å². The lowest BCUT2D eigenvalue weighted by Crippen LogP contribution is -2.38. The lowest BCUT2D eigenvalue weighted by atomic mass is 9.99. The van der Waals surface area contributed by atoms with E-state index in [1.165, 1.54) is 11.1 Å². The normalized spacial score (nSPS) is 13.1. The summed E-state index contributed by atoms with van der Waals surface area (Å²) < 4.78 is 5.46. The lowest BCUT2D eigenvalue weighted by molar-refractivity contribution is 0.368. The molecular formula is C20H30N4O. The van der Waals surface area contributed by atoms with Crippen LogP contribution in [0, 0.1) is 6.92 Å². The van der Waals surface area contributed by atoms with Crippen LogP contribution in [0.5, 0.6) is 0 Å². The summed E-state index contributed by atoms with van der Waals surface area (Å²) in [5.41, 5.74) is 3.57. The topological polar surface area (TPSA) is 62.5 Å². The summed E-state index contributed by atoms with van der Waals surface area (Å²) in [6, 6.07) is 10.6. The summed E-state index contributed by atoms with van der Waals surface area (Å²) in [6.45, 7) is 9.18. The van der Waals surface area contributed by atoms with E-state index in [0.29, 0.717) is 12.5 Å². The molecule has 136 valence electrons. The van der Waals surface area contributed by atoms with E-state index in [1.54, 1.807) is 7.05 Å². The first-order chi connectivity index (χ1) is 12.1. The fourth-order valence-corrected chi connectivity index (χ4v) is 3.03. The van der Waals surface area contributed by atoms with Crippen LogP contribution in [0.3, 0.4) is 0 Å². The first-order valence-electron chi connectivity index (χ1n) is 9.07. The number of guanidine groups is 1. The van der Waals surface area contributed by atoms with Crippen LogP contribution < -0.4 is 10.6 Å². The second-order valence-corrected chi connectivity index (χ2v) is 6.38. The highest BCUT2D eigenvalue weighted by Gasteiger charge is 2.14. The summed E-state index contributed by atoms with van der Waals surface area (Å²) in [4.78, 5) is 4.30. The zero-order valence-corrected chi connectivity index (χ0v) is 16.0. The SMILES string of the molecule is CCC(CC)c1cc(CNC(=NC)NC(C)c2ccccc2C)on1. The van der Waals surface area contributed by atoms with Crippen molar-refractivity contribution < 1.29 is 4.52 Å². The van der Waals surface area contributed by atoms with Gasteiger partial charge >= 0.3 is 0 Å². The van der Waals surface area contributed by atoms with Gasteiger partial charge in [-0.25, -0.2) is 0 Å². The highest BCUT2D eigenvalue weighted by molar-refractivity contribution is 5.80. The summed E-state index contributed by atoms with van der Waals surface area (Å²) in [7, 11) is 1.77. The van der Waals surface area contributed by atoms with Crippen molar-refractivity contribution in [3.63, 3.8) is 0 Å². The van der Waals surface area contributed by atoms with Gasteiger partial charge in [-0.3, -0.25) is 4.99 Å². The van der Waals surface area contributed by atoms with Gasteiger partial charge in [0.25, 0.3) is 0 Å². The van der Waals surface area contributed by atoms with Crippen molar-refractivity contribution in [2.24, 2.45) is 4.99 Å². The molecule has 0 aliphatic carbocycles. The smallest absolute Gasteiger partial charge is 0.191 e. The Morgan fingerprint density at radius 2 is 1.96 bits per heavy atom. The van der Waals surface area contributed by atoms with Crippen molar-refractivity contribution in [3.8, 4) is 0 Å². The van der Waals surface area contributed by atoms with Crippen LogP contribution in [0.4, 0.5) is 0 Å². The Kier molecular flexibility index (Phi) is 7.04. The molecule has 25 heavy (non-hydrogen) atoms. The van der Waals surface area contributed by atoms with Crippen LogP contribution in [0.1, 0.15) is 68.2 Å². The molecule has 0 fully saturated rings. The molecule has 5 heteroatoms. The molecular weight excluding hydrogens is 312 g/mol. The standard InChI is InChI=1S/C20H30N4O/c1-6-16(7-2)19-12-17(25-24-19)13-22-20(21-5)23-15(4)18-11-9-8-10-14(18)3/h8-12,15-16H,6-7,13H2,1-5H3,(H2,21,22,23). The van der Waals surface area contributed by atoms with E-state index in [-0.39, 0.29) is 6.04 Å². The summed E-state index contributed by atoms with van der Waals surface area (Å²) in [6.07, 6.45) is 2.15. The molecule has 0 aliphatic rings. The molecule has 0 amide bonds. The summed E-state index contributed by atoms with van der Waals surface area (Å²) in [5, 5.41) is 10.9. The van der Waals surface area contributed by atoms with Crippen LogP contribution in [-0.2, 0) is 6.54 Å². The van der Waals surface area contributed by atoms with Gasteiger partial charge in [0.05, 0.1) is 18.3 Å². The third-order valence-corrected chi connectivity index (χ3v) is 4.64. The molecule has 1 aromatic heterocycles. The Hall–Kier alpha value is -2.30. The predicted octanol–water partition coefficient (Wildman–Crippen LogP) is 4.31. The fraction of sp³-hybridized carbons (Fsp3) is 0.500. The average Bonchev–Trinajstić information content (AvgIpc) is 3.08. The first-order valence-corrected chi connectivity index (χ1v) is 9.07. The minimum atomic E-state index is 0.169. The molecule has 2 aromatic rings. The van der Waals surface area contributed by atoms with Crippen LogP contribution >= 0.6 is 0 Å². The summed E-state index contributed by atoms with van der Waals surface area (Å²) in [5.74, 6) is 2.04. The van der Waals surface area contributed by atoms with E-state index in [1.807, 2.05) is 6.07 Å². The van der Waals surface area contributed by atoms with Crippen LogP contribution in [0.15, 0.2) is 39.8 Å². The van der Waals surface area contributed by atoms with Gasteiger partial charge in [-0.2, -0.15) is 0 Å². The number of hydrogen-bond donors (Lipinski definition) is 2. The van der Waals surface area contributed by atoms with Crippen molar-refractivity contribution in [2.45, 2.75) is 59.0 Å². The van der Waals surface area contributed by atoms with Crippen molar-refractivity contribution >= 4 is 5.96 Å². The molecule has 0 radical (unpaired) electrons. The summed E-state index contributed by atoms with van der Waals surface area (Å²) >= 11 is 0. The Bertz CT molecular complexity index is 689. The second kappa shape index (κ2) is 9.25. The molecule has 0 aliphatic heterocycles. The zero-order chi connectivity index (χ0) is 18.2. The molecule has 0 saturated carbocycles. The number of aromatic nitrogens is 1. The molecule has 2 N–H and O–H groups in total. The van der Waals surface area contributed by atoms with Crippen molar-refractivity contribution in [1.29, 1.82) is 0 Å². The Balaban J connectivity index is 1.94. The van der Waals surface area contributed by atoms with E-state index in [0.717, 1.165) is 30.3 Å². The molecule has 5 nitrogen and oxygen atoms in total. The van der Waals surface area contributed by atoms with E-state index < -0.39 is 0 Å². The van der Waals surface area contributed by atoms with E-state index in [9.17, 15) is 0 Å². The van der Waals surface area contributed by atoms with Gasteiger partial charge in [-0.1, -0.05) is 43.3 Å². The van der Waals surface area contributed by atoms with E-state index >= 15 is 0 Å². The quantitative estimate of drug-likeness (QED) is 0.581. The van der Waals surface area contributed by atoms with Gasteiger partial charge in [0.1, 0.15) is 0 Å². The van der Waals surface area contributed by atoms with Gasteiger partial charge in [-0.15, -0.1) is 0 Å². The van der Waals surface area contributed by atoms with Gasteiger partial charge in [0.2, 0.25) is 0 Å². The third-order valence-electron chi connectivity index (χ3n) is 4.64. The van der Waals surface area contributed by atoms with Crippen LogP contribution in [-0.4, -0.2) is 18.2 Å². The van der Waals surface area contributed by atoms with Gasteiger partial charge in [-0.05, 0) is 37.8 Å². The van der Waals surface area contributed by atoms with Crippen molar-refractivity contribution in [2.75, 3.05) is 7.05 Å². The number of benzene rings is 1. The number of aliphatic imine (C=N–C) groups is 1. The number of hydrogen-bond acceptors (Lipinski definition) is 3. The molecule has 0 bridgehead atoms. The minimum Gasteiger partial charge on any atom is -0.359 e. The molecule has 0 saturated heterocycles.